The van der Waals surface area contributed by atoms with Gasteiger partial charge in [-0.25, -0.2) is 0 Å². The van der Waals surface area contributed by atoms with Crippen LogP contribution < -0.4 is 15.4 Å². The van der Waals surface area contributed by atoms with Crippen molar-refractivity contribution in [2.24, 2.45) is 0 Å². The molecule has 0 radical (unpaired) electrons. The summed E-state index contributed by atoms with van der Waals surface area (Å²) in [4.78, 5) is 4.38. The highest BCUT2D eigenvalue weighted by molar-refractivity contribution is 6.43. The fourth-order valence-corrected chi connectivity index (χ4v) is 2.52. The first-order chi connectivity index (χ1) is 12.5. The lowest BCUT2D eigenvalue weighted by Crippen LogP contribution is -2.05. The molecular formula is C18H17Cl2N5O. The summed E-state index contributed by atoms with van der Waals surface area (Å²) in [5.41, 5.74) is 1.46. The Morgan fingerprint density at radius 1 is 1.00 bits per heavy atom. The molecule has 26 heavy (non-hydrogen) atoms. The highest BCUT2D eigenvalue weighted by Crippen LogP contribution is 2.31. The molecule has 0 aliphatic rings. The monoisotopic (exact) mass is 389 g/mol. The van der Waals surface area contributed by atoms with Gasteiger partial charge in [0.1, 0.15) is 5.75 Å². The molecule has 0 aliphatic heterocycles. The van der Waals surface area contributed by atoms with E-state index in [1.54, 1.807) is 18.2 Å². The van der Waals surface area contributed by atoms with Gasteiger partial charge in [0.2, 0.25) is 5.95 Å². The third kappa shape index (κ3) is 4.74. The van der Waals surface area contributed by atoms with Crippen LogP contribution in [0.1, 0.15) is 13.8 Å². The number of halogens is 2. The lowest BCUT2D eigenvalue weighted by atomic mass is 10.3. The first kappa shape index (κ1) is 18.2. The van der Waals surface area contributed by atoms with Crippen molar-refractivity contribution in [1.29, 1.82) is 0 Å². The van der Waals surface area contributed by atoms with Gasteiger partial charge in [-0.3, -0.25) is 0 Å². The maximum absolute atomic E-state index is 6.17. The van der Waals surface area contributed by atoms with Crippen molar-refractivity contribution in [3.63, 3.8) is 0 Å². The van der Waals surface area contributed by atoms with E-state index in [2.05, 4.69) is 25.8 Å². The van der Waals surface area contributed by atoms with Gasteiger partial charge in [-0.05, 0) is 50.2 Å². The third-order valence-electron chi connectivity index (χ3n) is 3.26. The number of hydrogen-bond acceptors (Lipinski definition) is 6. The Bertz CT molecular complexity index is 887. The van der Waals surface area contributed by atoms with Gasteiger partial charge in [-0.1, -0.05) is 29.3 Å². The van der Waals surface area contributed by atoms with Gasteiger partial charge in [-0.15, -0.1) is 5.10 Å². The van der Waals surface area contributed by atoms with Crippen LogP contribution in [0.15, 0.2) is 48.7 Å². The lowest BCUT2D eigenvalue weighted by molar-refractivity contribution is 0.242. The zero-order valence-electron chi connectivity index (χ0n) is 14.2. The van der Waals surface area contributed by atoms with Gasteiger partial charge < -0.3 is 15.4 Å². The minimum Gasteiger partial charge on any atom is -0.491 e. The maximum Gasteiger partial charge on any atom is 0.249 e. The number of aromatic nitrogens is 3. The second kappa shape index (κ2) is 8.21. The summed E-state index contributed by atoms with van der Waals surface area (Å²) in [6.07, 6.45) is 1.66. The van der Waals surface area contributed by atoms with Gasteiger partial charge in [0.25, 0.3) is 0 Å². The Morgan fingerprint density at radius 3 is 2.50 bits per heavy atom. The van der Waals surface area contributed by atoms with E-state index in [4.69, 9.17) is 27.9 Å². The summed E-state index contributed by atoms with van der Waals surface area (Å²) >= 11 is 12.2. The summed E-state index contributed by atoms with van der Waals surface area (Å²) in [6, 6.07) is 12.9. The fourth-order valence-electron chi connectivity index (χ4n) is 2.17. The van der Waals surface area contributed by atoms with Crippen molar-refractivity contribution in [3.05, 3.63) is 58.7 Å². The van der Waals surface area contributed by atoms with E-state index in [1.165, 1.54) is 6.20 Å². The average Bonchev–Trinajstić information content (AvgIpc) is 2.61. The van der Waals surface area contributed by atoms with E-state index in [0.717, 1.165) is 11.4 Å². The summed E-state index contributed by atoms with van der Waals surface area (Å²) in [5, 5.41) is 14.9. The van der Waals surface area contributed by atoms with Gasteiger partial charge in [0, 0.05) is 5.69 Å². The summed E-state index contributed by atoms with van der Waals surface area (Å²) in [7, 11) is 0. The fraction of sp³-hybridized carbons (Fsp3) is 0.167. The highest BCUT2D eigenvalue weighted by Gasteiger charge is 2.07. The summed E-state index contributed by atoms with van der Waals surface area (Å²) in [5.74, 6) is 1.65. The molecule has 6 nitrogen and oxygen atoms in total. The molecule has 2 aromatic carbocycles. The molecule has 3 aromatic rings. The molecule has 0 aliphatic carbocycles. The molecule has 0 amide bonds. The zero-order chi connectivity index (χ0) is 18.5. The Labute approximate surface area is 161 Å². The van der Waals surface area contributed by atoms with Crippen LogP contribution >= 0.6 is 23.2 Å². The Balaban J connectivity index is 1.72. The molecular weight excluding hydrogens is 373 g/mol. The predicted octanol–water partition coefficient (Wildman–Crippen LogP) is 5.45. The lowest BCUT2D eigenvalue weighted by Gasteiger charge is -2.11. The van der Waals surface area contributed by atoms with E-state index in [0.29, 0.717) is 27.5 Å². The number of anilines is 4. The molecule has 0 unspecified atom stereocenters. The van der Waals surface area contributed by atoms with Crippen LogP contribution in [0.3, 0.4) is 0 Å². The van der Waals surface area contributed by atoms with Crippen molar-refractivity contribution >= 4 is 46.3 Å². The first-order valence-corrected chi connectivity index (χ1v) is 8.71. The number of benzene rings is 2. The van der Waals surface area contributed by atoms with Crippen molar-refractivity contribution in [3.8, 4) is 5.75 Å². The molecule has 0 atom stereocenters. The third-order valence-corrected chi connectivity index (χ3v) is 4.07. The van der Waals surface area contributed by atoms with Crippen LogP contribution in [0.25, 0.3) is 0 Å². The number of ether oxygens (including phenoxy) is 1. The van der Waals surface area contributed by atoms with Gasteiger partial charge >= 0.3 is 0 Å². The van der Waals surface area contributed by atoms with Gasteiger partial charge in [-0.2, -0.15) is 10.1 Å². The summed E-state index contributed by atoms with van der Waals surface area (Å²) < 4.78 is 5.63. The van der Waals surface area contributed by atoms with Crippen LogP contribution in [-0.4, -0.2) is 21.3 Å². The number of nitrogens with one attached hydrogen (secondary N) is 2. The van der Waals surface area contributed by atoms with Gasteiger partial charge in [0.15, 0.2) is 5.82 Å². The standard InChI is InChI=1S/C18H17Cl2N5O/c1-11(2)26-13-8-6-12(7-9-13)22-16-10-21-25-18(24-16)23-15-5-3-4-14(19)17(15)20/h3-11H,1-2H3,(H2,22,23,24,25). The average molecular weight is 390 g/mol. The quantitative estimate of drug-likeness (QED) is 0.583. The molecule has 0 bridgehead atoms. The number of nitrogens with zero attached hydrogens (tertiary/aromatic N) is 3. The molecule has 0 saturated carbocycles. The second-order valence-electron chi connectivity index (χ2n) is 5.71. The van der Waals surface area contributed by atoms with Crippen LogP contribution in [0.2, 0.25) is 10.0 Å². The van der Waals surface area contributed by atoms with Crippen molar-refractivity contribution in [1.82, 2.24) is 15.2 Å². The molecule has 0 saturated heterocycles. The predicted molar refractivity (Wildman–Crippen MR) is 105 cm³/mol. The molecule has 1 aromatic heterocycles. The first-order valence-electron chi connectivity index (χ1n) is 7.96. The Kier molecular flexibility index (Phi) is 5.75. The number of hydrogen-bond donors (Lipinski definition) is 2. The van der Waals surface area contributed by atoms with E-state index in [9.17, 15) is 0 Å². The van der Waals surface area contributed by atoms with Crippen LogP contribution in [0.5, 0.6) is 5.75 Å². The molecule has 134 valence electrons. The largest absolute Gasteiger partial charge is 0.491 e. The maximum atomic E-state index is 6.17. The molecule has 3 rings (SSSR count). The van der Waals surface area contributed by atoms with Gasteiger partial charge in [0.05, 0.1) is 28.0 Å². The van der Waals surface area contributed by atoms with Crippen LogP contribution in [0.4, 0.5) is 23.1 Å². The Morgan fingerprint density at radius 2 is 1.77 bits per heavy atom. The van der Waals surface area contributed by atoms with Crippen molar-refractivity contribution in [2.75, 3.05) is 10.6 Å². The van der Waals surface area contributed by atoms with E-state index in [1.807, 2.05) is 38.1 Å². The van der Waals surface area contributed by atoms with Crippen molar-refractivity contribution < 1.29 is 4.74 Å². The molecule has 0 fully saturated rings. The molecule has 0 spiro atoms. The molecule has 8 heteroatoms. The molecule has 1 heterocycles. The normalized spacial score (nSPS) is 10.7. The SMILES string of the molecule is CC(C)Oc1ccc(Nc2cnnc(Nc3cccc(Cl)c3Cl)n2)cc1. The van der Waals surface area contributed by atoms with E-state index in [-0.39, 0.29) is 6.10 Å². The number of rotatable bonds is 6. The second-order valence-corrected chi connectivity index (χ2v) is 6.49. The smallest absolute Gasteiger partial charge is 0.249 e. The molecule has 2 N–H and O–H groups in total. The zero-order valence-corrected chi connectivity index (χ0v) is 15.7. The van der Waals surface area contributed by atoms with Crippen LogP contribution in [-0.2, 0) is 0 Å². The minimum absolute atomic E-state index is 0.131. The Hall–Kier alpha value is -2.57. The van der Waals surface area contributed by atoms with Crippen molar-refractivity contribution in [2.45, 2.75) is 20.0 Å². The van der Waals surface area contributed by atoms with Crippen LogP contribution in [0, 0.1) is 0 Å². The summed E-state index contributed by atoms with van der Waals surface area (Å²) in [6.45, 7) is 3.97. The highest BCUT2D eigenvalue weighted by atomic mass is 35.5. The minimum atomic E-state index is 0.131. The van der Waals surface area contributed by atoms with E-state index < -0.39 is 0 Å². The van der Waals surface area contributed by atoms with E-state index >= 15 is 0 Å². The topological polar surface area (TPSA) is 72.0 Å².